The minimum absolute atomic E-state index is 0.127. The summed E-state index contributed by atoms with van der Waals surface area (Å²) in [6.07, 6.45) is 7.01. The molecule has 0 spiro atoms. The standard InChI is InChI=1S/C17H28N6O2/c1-11-7-22-8-13(6-15(22)10-25-11)19-17(24)16-9-23(21-20-16)14-4-2-12(18)3-5-14/h9,11-15H,2-8,10,18H2,1H3,(H,19,24)/t11-,12?,13+,14?,15+/m1/s1. The topological polar surface area (TPSA) is 98.3 Å². The van der Waals surface area contributed by atoms with Gasteiger partial charge in [-0.2, -0.15) is 0 Å². The molecule has 2 saturated heterocycles. The molecule has 0 aromatic carbocycles. The molecule has 3 aliphatic rings. The average molecular weight is 348 g/mol. The van der Waals surface area contributed by atoms with Gasteiger partial charge < -0.3 is 15.8 Å². The SMILES string of the molecule is C[C@@H]1CN2C[C@@H](NC(=O)c3cn(C4CCC(N)CC4)nn3)C[C@H]2CO1. The number of nitrogens with zero attached hydrogens (tertiary/aromatic N) is 4. The number of hydrogen-bond acceptors (Lipinski definition) is 6. The highest BCUT2D eigenvalue weighted by atomic mass is 16.5. The lowest BCUT2D eigenvalue weighted by molar-refractivity contribution is -0.0390. The van der Waals surface area contributed by atoms with E-state index in [1.165, 1.54) is 0 Å². The quantitative estimate of drug-likeness (QED) is 0.816. The van der Waals surface area contributed by atoms with Gasteiger partial charge in [-0.1, -0.05) is 5.21 Å². The van der Waals surface area contributed by atoms with Gasteiger partial charge in [-0.25, -0.2) is 4.68 Å². The Balaban J connectivity index is 1.33. The van der Waals surface area contributed by atoms with Crippen LogP contribution in [0.4, 0.5) is 0 Å². The van der Waals surface area contributed by atoms with E-state index in [1.54, 1.807) is 6.20 Å². The van der Waals surface area contributed by atoms with E-state index < -0.39 is 0 Å². The highest BCUT2D eigenvalue weighted by Crippen LogP contribution is 2.27. The van der Waals surface area contributed by atoms with Gasteiger partial charge in [0.15, 0.2) is 5.69 Å². The van der Waals surface area contributed by atoms with Crippen LogP contribution in [-0.4, -0.2) is 69.7 Å². The molecule has 0 bridgehead atoms. The number of carbonyl (C=O) groups is 1. The van der Waals surface area contributed by atoms with Gasteiger partial charge in [0.05, 0.1) is 24.9 Å². The summed E-state index contributed by atoms with van der Waals surface area (Å²) in [5.41, 5.74) is 6.36. The van der Waals surface area contributed by atoms with Crippen molar-refractivity contribution in [2.75, 3.05) is 19.7 Å². The number of morpholine rings is 1. The zero-order valence-corrected chi connectivity index (χ0v) is 14.8. The molecular formula is C17H28N6O2. The second kappa shape index (κ2) is 7.01. The highest BCUT2D eigenvalue weighted by Gasteiger charge is 2.37. The van der Waals surface area contributed by atoms with Crippen LogP contribution in [0, 0.1) is 0 Å². The van der Waals surface area contributed by atoms with E-state index in [9.17, 15) is 4.79 Å². The second-order valence-electron chi connectivity index (χ2n) is 7.81. The third-order valence-electron chi connectivity index (χ3n) is 5.79. The number of ether oxygens (including phenoxy) is 1. The monoisotopic (exact) mass is 348 g/mol. The molecule has 1 saturated carbocycles. The zero-order chi connectivity index (χ0) is 17.4. The number of hydrogen-bond donors (Lipinski definition) is 2. The van der Waals surface area contributed by atoms with Gasteiger partial charge in [-0.3, -0.25) is 9.69 Å². The fourth-order valence-electron chi connectivity index (χ4n) is 4.33. The minimum Gasteiger partial charge on any atom is -0.376 e. The highest BCUT2D eigenvalue weighted by molar-refractivity contribution is 5.92. The van der Waals surface area contributed by atoms with Gasteiger partial charge in [0.2, 0.25) is 0 Å². The van der Waals surface area contributed by atoms with Crippen LogP contribution in [0.3, 0.4) is 0 Å². The van der Waals surface area contributed by atoms with Crippen molar-refractivity contribution < 1.29 is 9.53 Å². The van der Waals surface area contributed by atoms with Gasteiger partial charge in [0, 0.05) is 31.2 Å². The molecule has 138 valence electrons. The first-order valence-corrected chi connectivity index (χ1v) is 9.42. The van der Waals surface area contributed by atoms with Crippen molar-refractivity contribution in [2.24, 2.45) is 5.73 Å². The fourth-order valence-corrected chi connectivity index (χ4v) is 4.33. The molecule has 1 aromatic rings. The van der Waals surface area contributed by atoms with Crippen LogP contribution < -0.4 is 11.1 Å². The Morgan fingerprint density at radius 3 is 2.88 bits per heavy atom. The summed E-state index contributed by atoms with van der Waals surface area (Å²) in [6, 6.07) is 1.19. The molecule has 8 nitrogen and oxygen atoms in total. The molecule has 0 radical (unpaired) electrons. The van der Waals surface area contributed by atoms with E-state index in [4.69, 9.17) is 10.5 Å². The summed E-state index contributed by atoms with van der Waals surface area (Å²) < 4.78 is 7.56. The molecule has 8 heteroatoms. The van der Waals surface area contributed by atoms with Crippen molar-refractivity contribution in [1.29, 1.82) is 0 Å². The molecule has 3 fully saturated rings. The number of carbonyl (C=O) groups excluding carboxylic acids is 1. The third-order valence-corrected chi connectivity index (χ3v) is 5.79. The Kier molecular flexibility index (Phi) is 4.75. The summed E-state index contributed by atoms with van der Waals surface area (Å²) in [6.45, 7) is 4.68. The molecule has 3 N–H and O–H groups in total. The van der Waals surface area contributed by atoms with E-state index >= 15 is 0 Å². The molecule has 0 unspecified atom stereocenters. The molecule has 1 aromatic heterocycles. The summed E-state index contributed by atoms with van der Waals surface area (Å²) in [7, 11) is 0. The number of rotatable bonds is 3. The van der Waals surface area contributed by atoms with Crippen molar-refractivity contribution >= 4 is 5.91 Å². The maximum atomic E-state index is 12.5. The van der Waals surface area contributed by atoms with Crippen LogP contribution in [0.25, 0.3) is 0 Å². The smallest absolute Gasteiger partial charge is 0.273 e. The third kappa shape index (κ3) is 3.70. The minimum atomic E-state index is -0.127. The van der Waals surface area contributed by atoms with Crippen LogP contribution in [0.15, 0.2) is 6.20 Å². The summed E-state index contributed by atoms with van der Waals surface area (Å²) in [4.78, 5) is 14.9. The summed E-state index contributed by atoms with van der Waals surface area (Å²) in [5, 5.41) is 11.4. The Labute approximate surface area is 148 Å². The van der Waals surface area contributed by atoms with E-state index in [0.29, 0.717) is 23.8 Å². The molecule has 2 aliphatic heterocycles. The first kappa shape index (κ1) is 16.9. The van der Waals surface area contributed by atoms with Crippen molar-refractivity contribution in [3.8, 4) is 0 Å². The van der Waals surface area contributed by atoms with Crippen LogP contribution in [0.5, 0.6) is 0 Å². The Bertz CT molecular complexity index is 612. The van der Waals surface area contributed by atoms with Gasteiger partial charge in [0.25, 0.3) is 5.91 Å². The first-order chi connectivity index (χ1) is 12.1. The van der Waals surface area contributed by atoms with Crippen molar-refractivity contribution in [2.45, 2.75) is 69.3 Å². The van der Waals surface area contributed by atoms with Gasteiger partial charge in [-0.15, -0.1) is 5.10 Å². The largest absolute Gasteiger partial charge is 0.376 e. The van der Waals surface area contributed by atoms with Crippen LogP contribution in [-0.2, 0) is 4.74 Å². The van der Waals surface area contributed by atoms with Crippen molar-refractivity contribution in [3.63, 3.8) is 0 Å². The zero-order valence-electron chi connectivity index (χ0n) is 14.8. The first-order valence-electron chi connectivity index (χ1n) is 9.42. The lowest BCUT2D eigenvalue weighted by atomic mass is 9.92. The average Bonchev–Trinajstić information content (AvgIpc) is 3.21. The molecule has 25 heavy (non-hydrogen) atoms. The Morgan fingerprint density at radius 2 is 2.08 bits per heavy atom. The molecule has 1 aliphatic carbocycles. The molecule has 3 heterocycles. The number of fused-ring (bicyclic) bond motifs is 1. The Morgan fingerprint density at radius 1 is 1.28 bits per heavy atom. The van der Waals surface area contributed by atoms with Gasteiger partial charge in [0.1, 0.15) is 0 Å². The van der Waals surface area contributed by atoms with Crippen LogP contribution in [0.2, 0.25) is 0 Å². The van der Waals surface area contributed by atoms with Gasteiger partial charge >= 0.3 is 0 Å². The maximum absolute atomic E-state index is 12.5. The second-order valence-corrected chi connectivity index (χ2v) is 7.81. The fraction of sp³-hybridized carbons (Fsp3) is 0.824. The lowest BCUT2D eigenvalue weighted by Gasteiger charge is -2.33. The van der Waals surface area contributed by atoms with Crippen molar-refractivity contribution in [1.82, 2.24) is 25.2 Å². The maximum Gasteiger partial charge on any atom is 0.273 e. The van der Waals surface area contributed by atoms with E-state index in [0.717, 1.165) is 51.8 Å². The van der Waals surface area contributed by atoms with Crippen LogP contribution >= 0.6 is 0 Å². The van der Waals surface area contributed by atoms with E-state index in [-0.39, 0.29) is 18.1 Å². The Hall–Kier alpha value is -1.51. The molecule has 1 amide bonds. The predicted molar refractivity (Wildman–Crippen MR) is 92.1 cm³/mol. The van der Waals surface area contributed by atoms with E-state index in [1.807, 2.05) is 4.68 Å². The van der Waals surface area contributed by atoms with Crippen molar-refractivity contribution in [3.05, 3.63) is 11.9 Å². The number of amides is 1. The van der Waals surface area contributed by atoms with Crippen LogP contribution in [0.1, 0.15) is 55.6 Å². The predicted octanol–water partition coefficient (Wildman–Crippen LogP) is 0.312. The molecular weight excluding hydrogens is 320 g/mol. The summed E-state index contributed by atoms with van der Waals surface area (Å²) >= 11 is 0. The molecule has 3 atom stereocenters. The normalized spacial score (nSPS) is 36.2. The number of aromatic nitrogens is 3. The number of nitrogens with two attached hydrogens (primary N) is 1. The lowest BCUT2D eigenvalue weighted by Crippen LogP contribution is -2.45. The van der Waals surface area contributed by atoms with Gasteiger partial charge in [-0.05, 0) is 39.0 Å². The van der Waals surface area contributed by atoms with E-state index in [2.05, 4.69) is 27.5 Å². The molecule has 4 rings (SSSR count). The summed E-state index contributed by atoms with van der Waals surface area (Å²) in [5.74, 6) is -0.127. The number of nitrogens with one attached hydrogen (secondary N) is 1.